The van der Waals surface area contributed by atoms with Gasteiger partial charge in [0.1, 0.15) is 0 Å². The maximum atomic E-state index is 12.5. The summed E-state index contributed by atoms with van der Waals surface area (Å²) in [6.45, 7) is 6.86. The second-order valence-corrected chi connectivity index (χ2v) is 9.53. The van der Waals surface area contributed by atoms with Crippen LogP contribution < -0.4 is 10.8 Å². The zero-order valence-electron chi connectivity index (χ0n) is 17.6. The van der Waals surface area contributed by atoms with Gasteiger partial charge in [0.15, 0.2) is 5.69 Å². The van der Waals surface area contributed by atoms with Gasteiger partial charge in [0.25, 0.3) is 5.90 Å². The Bertz CT molecular complexity index is 959. The quantitative estimate of drug-likeness (QED) is 0.280. The minimum absolute atomic E-state index is 0.179. The lowest BCUT2D eigenvalue weighted by molar-refractivity contribution is -0.125. The lowest BCUT2D eigenvalue weighted by Gasteiger charge is -2.20. The van der Waals surface area contributed by atoms with E-state index in [1.165, 1.54) is 4.90 Å². The number of hydrogen-bond donors (Lipinski definition) is 3. The lowest BCUT2D eigenvalue weighted by atomic mass is 10.1. The Morgan fingerprint density at radius 2 is 1.97 bits per heavy atom. The van der Waals surface area contributed by atoms with Crippen LogP contribution in [0.25, 0.3) is 11.3 Å². The fourth-order valence-electron chi connectivity index (χ4n) is 3.07. The first-order chi connectivity index (χ1) is 14.8. The van der Waals surface area contributed by atoms with Crippen molar-refractivity contribution in [1.29, 1.82) is 10.8 Å². The Hall–Kier alpha value is -2.35. The molecule has 1 saturated heterocycles. The van der Waals surface area contributed by atoms with Gasteiger partial charge in [-0.15, -0.1) is 11.8 Å². The molecule has 2 heterocycles. The van der Waals surface area contributed by atoms with Crippen LogP contribution >= 0.6 is 21.0 Å². The average molecular weight is 459 g/mol. The third-order valence-corrected chi connectivity index (χ3v) is 6.00. The summed E-state index contributed by atoms with van der Waals surface area (Å²) < 4.78 is 5.26. The molecule has 0 saturated carbocycles. The van der Waals surface area contributed by atoms with Crippen LogP contribution in [0.1, 0.15) is 26.0 Å². The molecule has 2 aromatic rings. The molecule has 0 bridgehead atoms. The largest absolute Gasteiger partial charge is 0.414 e. The minimum Gasteiger partial charge on any atom is -0.414 e. The number of rotatable bonds is 4. The number of ether oxygens (including phenoxy) is 1. The zero-order chi connectivity index (χ0) is 22.4. The fraction of sp³-hybridized carbons (Fsp3) is 0.381. The van der Waals surface area contributed by atoms with Gasteiger partial charge in [0.2, 0.25) is 5.90 Å². The highest BCUT2D eigenvalue weighted by molar-refractivity contribution is 7.99. The maximum Gasteiger partial charge on any atom is 0.309 e. The van der Waals surface area contributed by atoms with Crippen molar-refractivity contribution in [3.63, 3.8) is 0 Å². The van der Waals surface area contributed by atoms with Gasteiger partial charge < -0.3 is 15.0 Å². The van der Waals surface area contributed by atoms with Gasteiger partial charge in [0, 0.05) is 35.3 Å². The number of thioether (sulfide) groups is 1. The van der Waals surface area contributed by atoms with E-state index in [1.54, 1.807) is 22.9 Å². The van der Waals surface area contributed by atoms with Crippen molar-refractivity contribution >= 4 is 44.1 Å². The second-order valence-electron chi connectivity index (χ2n) is 7.34. The highest BCUT2D eigenvalue weighted by atomic mass is 32.2. The summed E-state index contributed by atoms with van der Waals surface area (Å²) in [7, 11) is 2.42. The number of benzene rings is 1. The van der Waals surface area contributed by atoms with E-state index in [9.17, 15) is 4.79 Å². The molecule has 0 spiro atoms. The normalized spacial score (nSPS) is 14.3. The van der Waals surface area contributed by atoms with Gasteiger partial charge in [-0.2, -0.15) is 0 Å². The summed E-state index contributed by atoms with van der Waals surface area (Å²) in [6, 6.07) is 7.99. The smallest absolute Gasteiger partial charge is 0.309 e. The third-order valence-electron chi connectivity index (χ3n) is 4.56. The van der Waals surface area contributed by atoms with Crippen LogP contribution in [-0.4, -0.2) is 64.0 Å². The van der Waals surface area contributed by atoms with Gasteiger partial charge in [-0.1, -0.05) is 35.2 Å². The van der Waals surface area contributed by atoms with Crippen molar-refractivity contribution in [2.24, 2.45) is 0 Å². The van der Waals surface area contributed by atoms with E-state index in [1.807, 2.05) is 24.3 Å². The summed E-state index contributed by atoms with van der Waals surface area (Å²) in [5, 5.41) is 20.0. The van der Waals surface area contributed by atoms with Crippen LogP contribution in [0.5, 0.6) is 0 Å². The lowest BCUT2D eigenvalue weighted by Crippen LogP contribution is -2.40. The van der Waals surface area contributed by atoms with Crippen molar-refractivity contribution in [1.82, 2.24) is 20.2 Å². The Kier molecular flexibility index (Phi) is 8.12. The Balaban J connectivity index is 1.72. The first-order valence-electron chi connectivity index (χ1n) is 10.1. The van der Waals surface area contributed by atoms with Crippen LogP contribution in [0.15, 0.2) is 35.4 Å². The predicted octanol–water partition coefficient (Wildman–Crippen LogP) is 2.29. The molecule has 3 rings (SSSR count). The molecule has 1 amide bonds. The summed E-state index contributed by atoms with van der Waals surface area (Å²) in [5.74, 6) is -1.49. The molecule has 164 valence electrons. The molecule has 1 aliphatic heterocycles. The molecule has 1 unspecified atom stereocenters. The standard InChI is InChI=1S/C21H27N6O2PS/c1-13(2)31-15-6-4-14(5-7-15)16-12-25-20(30)17(26-16)18(22)29-19(23)21(28)27-10-3-8-24-9-11-27/h4-7,12-13,22-24H,3,8-11,30H2,1-2H3. The molecule has 1 atom stereocenters. The first-order valence-corrected chi connectivity index (χ1v) is 11.6. The summed E-state index contributed by atoms with van der Waals surface area (Å²) in [6.07, 6.45) is 2.44. The number of hydrogen-bond acceptors (Lipinski definition) is 8. The molecule has 1 aliphatic rings. The molecule has 3 N–H and O–H groups in total. The minimum atomic E-state index is -0.585. The van der Waals surface area contributed by atoms with Crippen LogP contribution in [0, 0.1) is 10.8 Å². The molecule has 1 aromatic carbocycles. The number of nitrogens with zero attached hydrogens (tertiary/aromatic N) is 3. The first kappa shape index (κ1) is 23.3. The number of aromatic nitrogens is 2. The average Bonchev–Trinajstić information content (AvgIpc) is 3.03. The van der Waals surface area contributed by atoms with E-state index in [2.05, 4.69) is 38.4 Å². The molecule has 0 aliphatic carbocycles. The molecule has 31 heavy (non-hydrogen) atoms. The highest BCUT2D eigenvalue weighted by Crippen LogP contribution is 2.25. The van der Waals surface area contributed by atoms with E-state index in [0.29, 0.717) is 36.0 Å². The molecule has 1 fully saturated rings. The van der Waals surface area contributed by atoms with Crippen molar-refractivity contribution in [2.45, 2.75) is 30.4 Å². The SMILES string of the molecule is CC(C)Sc1ccc(-c2cnc(P)c(C(=N)OC(=N)C(=O)N3CCCNCC3)n2)cc1. The maximum absolute atomic E-state index is 12.5. The summed E-state index contributed by atoms with van der Waals surface area (Å²) in [4.78, 5) is 24.0. The monoisotopic (exact) mass is 458 g/mol. The third kappa shape index (κ3) is 6.32. The number of amides is 1. The number of carbonyl (C=O) groups is 1. The van der Waals surface area contributed by atoms with Gasteiger partial charge >= 0.3 is 5.91 Å². The molecule has 8 nitrogen and oxygen atoms in total. The van der Waals surface area contributed by atoms with Gasteiger partial charge in [-0.25, -0.2) is 4.98 Å². The zero-order valence-corrected chi connectivity index (χ0v) is 19.6. The fourth-order valence-corrected chi connectivity index (χ4v) is 4.18. The predicted molar refractivity (Wildman–Crippen MR) is 128 cm³/mol. The van der Waals surface area contributed by atoms with Gasteiger partial charge in [0.05, 0.1) is 17.3 Å². The number of carbonyl (C=O) groups excluding carboxylic acids is 1. The molecule has 0 radical (unpaired) electrons. The van der Waals surface area contributed by atoms with E-state index < -0.39 is 11.8 Å². The second kappa shape index (κ2) is 10.8. The molecule has 1 aromatic heterocycles. The van der Waals surface area contributed by atoms with Gasteiger partial charge in [-0.05, 0) is 25.1 Å². The van der Waals surface area contributed by atoms with E-state index >= 15 is 0 Å². The molecular weight excluding hydrogens is 431 g/mol. The highest BCUT2D eigenvalue weighted by Gasteiger charge is 2.24. The van der Waals surface area contributed by atoms with E-state index in [-0.39, 0.29) is 11.6 Å². The van der Waals surface area contributed by atoms with Crippen LogP contribution in [0.4, 0.5) is 0 Å². The van der Waals surface area contributed by atoms with Crippen LogP contribution in [0.3, 0.4) is 0 Å². The summed E-state index contributed by atoms with van der Waals surface area (Å²) >= 11 is 1.78. The molecular formula is C21H27N6O2PS. The van der Waals surface area contributed by atoms with E-state index in [4.69, 9.17) is 15.6 Å². The van der Waals surface area contributed by atoms with E-state index in [0.717, 1.165) is 18.5 Å². The van der Waals surface area contributed by atoms with Crippen LogP contribution in [0.2, 0.25) is 0 Å². The van der Waals surface area contributed by atoms with Crippen molar-refractivity contribution in [3.05, 3.63) is 36.2 Å². The van der Waals surface area contributed by atoms with Crippen molar-refractivity contribution < 1.29 is 9.53 Å². The Morgan fingerprint density at radius 3 is 2.68 bits per heavy atom. The van der Waals surface area contributed by atoms with Gasteiger partial charge in [-0.3, -0.25) is 20.6 Å². The van der Waals surface area contributed by atoms with Crippen molar-refractivity contribution in [3.8, 4) is 11.3 Å². The van der Waals surface area contributed by atoms with Crippen molar-refractivity contribution in [2.75, 3.05) is 26.2 Å². The molecule has 10 heteroatoms. The topological polar surface area (TPSA) is 115 Å². The Labute approximate surface area is 188 Å². The van der Waals surface area contributed by atoms with Crippen LogP contribution in [-0.2, 0) is 9.53 Å². The summed E-state index contributed by atoms with van der Waals surface area (Å²) in [5.41, 5.74) is 2.05. The number of nitrogens with one attached hydrogen (secondary N) is 3. The Morgan fingerprint density at radius 1 is 1.23 bits per heavy atom.